The van der Waals surface area contributed by atoms with E-state index in [1.165, 1.54) is 18.2 Å². The third-order valence-corrected chi connectivity index (χ3v) is 3.54. The largest absolute Gasteiger partial charge is 0.490 e. The molecule has 0 amide bonds. The smallest absolute Gasteiger partial charge is 0.166 e. The Morgan fingerprint density at radius 1 is 1.10 bits per heavy atom. The monoisotopic (exact) mass is 328 g/mol. The summed E-state index contributed by atoms with van der Waals surface area (Å²) in [5.74, 6) is 1.12. The number of para-hydroxylation sites is 1. The van der Waals surface area contributed by atoms with Crippen LogP contribution < -0.4 is 9.47 Å². The van der Waals surface area contributed by atoms with Gasteiger partial charge in [-0.05, 0) is 31.2 Å². The quantitative estimate of drug-likeness (QED) is 0.679. The van der Waals surface area contributed by atoms with Crippen molar-refractivity contribution < 1.29 is 13.9 Å². The Balaban J connectivity index is 2.24. The predicted molar refractivity (Wildman–Crippen MR) is 82.9 cm³/mol. The van der Waals surface area contributed by atoms with Gasteiger partial charge in [0.2, 0.25) is 0 Å². The molecule has 0 aliphatic rings. The highest BCUT2D eigenvalue weighted by molar-refractivity contribution is 6.31. The van der Waals surface area contributed by atoms with E-state index < -0.39 is 0 Å². The Morgan fingerprint density at radius 3 is 2.62 bits per heavy atom. The molecule has 0 bridgehead atoms. The van der Waals surface area contributed by atoms with Crippen LogP contribution in [0, 0.1) is 5.82 Å². The van der Waals surface area contributed by atoms with E-state index in [1.807, 2.05) is 25.1 Å². The van der Waals surface area contributed by atoms with E-state index in [2.05, 4.69) is 0 Å². The highest BCUT2D eigenvalue weighted by Gasteiger charge is 2.12. The Morgan fingerprint density at radius 2 is 1.90 bits per heavy atom. The predicted octanol–water partition coefficient (Wildman–Crippen LogP) is 5.20. The summed E-state index contributed by atoms with van der Waals surface area (Å²) in [6, 6.07) is 9.69. The molecule has 0 spiro atoms. The molecular formula is C16H15Cl2FO2. The minimum atomic E-state index is -0.353. The number of alkyl halides is 1. The lowest BCUT2D eigenvalue weighted by Crippen LogP contribution is -2.02. The maximum absolute atomic E-state index is 13.3. The van der Waals surface area contributed by atoms with Crippen LogP contribution in [-0.4, -0.2) is 6.61 Å². The maximum Gasteiger partial charge on any atom is 0.166 e. The van der Waals surface area contributed by atoms with Gasteiger partial charge in [0, 0.05) is 16.1 Å². The van der Waals surface area contributed by atoms with Crippen LogP contribution in [0.3, 0.4) is 0 Å². The molecule has 0 heterocycles. The highest BCUT2D eigenvalue weighted by Crippen LogP contribution is 2.33. The molecule has 5 heteroatoms. The van der Waals surface area contributed by atoms with Gasteiger partial charge in [-0.1, -0.05) is 23.7 Å². The summed E-state index contributed by atoms with van der Waals surface area (Å²) < 4.78 is 24.6. The lowest BCUT2D eigenvalue weighted by atomic mass is 10.2. The lowest BCUT2D eigenvalue weighted by molar-refractivity contribution is 0.267. The van der Waals surface area contributed by atoms with Crippen molar-refractivity contribution >= 4 is 23.2 Å². The molecule has 0 radical (unpaired) electrons. The zero-order valence-electron chi connectivity index (χ0n) is 11.5. The van der Waals surface area contributed by atoms with E-state index in [0.717, 1.165) is 5.56 Å². The van der Waals surface area contributed by atoms with Crippen molar-refractivity contribution in [2.45, 2.75) is 19.4 Å². The molecule has 0 atom stereocenters. The summed E-state index contributed by atoms with van der Waals surface area (Å²) in [7, 11) is 0. The van der Waals surface area contributed by atoms with Crippen LogP contribution in [0.25, 0.3) is 0 Å². The van der Waals surface area contributed by atoms with E-state index >= 15 is 0 Å². The lowest BCUT2D eigenvalue weighted by Gasteiger charge is -2.15. The standard InChI is InChI=1S/C16H15Cl2FO2/c1-2-20-15-5-3-4-11(9-17)16(15)21-10-12-8-13(19)6-7-14(12)18/h3-8H,2,9-10H2,1H3. The molecule has 0 unspecified atom stereocenters. The number of benzene rings is 2. The molecule has 2 aromatic rings. The third kappa shape index (κ3) is 4.02. The van der Waals surface area contributed by atoms with Gasteiger partial charge in [0.15, 0.2) is 11.5 Å². The van der Waals surface area contributed by atoms with E-state index in [1.54, 1.807) is 0 Å². The Bertz CT molecular complexity index is 617. The molecule has 0 aliphatic carbocycles. The second kappa shape index (κ2) is 7.53. The summed E-state index contributed by atoms with van der Waals surface area (Å²) in [5.41, 5.74) is 1.39. The number of halogens is 3. The fraction of sp³-hybridized carbons (Fsp3) is 0.250. The topological polar surface area (TPSA) is 18.5 Å². The van der Waals surface area contributed by atoms with E-state index in [0.29, 0.717) is 34.6 Å². The first-order valence-corrected chi connectivity index (χ1v) is 7.44. The van der Waals surface area contributed by atoms with Gasteiger partial charge >= 0.3 is 0 Å². The van der Waals surface area contributed by atoms with Gasteiger partial charge in [-0.2, -0.15) is 0 Å². The van der Waals surface area contributed by atoms with E-state index in [4.69, 9.17) is 32.7 Å². The summed E-state index contributed by atoms with van der Waals surface area (Å²) in [5, 5.41) is 0.456. The molecule has 0 fully saturated rings. The van der Waals surface area contributed by atoms with Crippen molar-refractivity contribution in [1.82, 2.24) is 0 Å². The fourth-order valence-electron chi connectivity index (χ4n) is 1.90. The third-order valence-electron chi connectivity index (χ3n) is 2.88. The minimum absolute atomic E-state index is 0.143. The average Bonchev–Trinajstić information content (AvgIpc) is 2.49. The van der Waals surface area contributed by atoms with Crippen LogP contribution in [0.15, 0.2) is 36.4 Å². The molecule has 0 saturated carbocycles. The van der Waals surface area contributed by atoms with Crippen molar-refractivity contribution in [2.75, 3.05) is 6.61 Å². The second-order valence-electron chi connectivity index (χ2n) is 4.34. The highest BCUT2D eigenvalue weighted by atomic mass is 35.5. The molecule has 0 aromatic heterocycles. The average molecular weight is 329 g/mol. The van der Waals surface area contributed by atoms with Gasteiger partial charge in [-0.3, -0.25) is 0 Å². The second-order valence-corrected chi connectivity index (χ2v) is 5.01. The maximum atomic E-state index is 13.3. The Hall–Kier alpha value is -1.45. The van der Waals surface area contributed by atoms with Crippen molar-refractivity contribution in [2.24, 2.45) is 0 Å². The van der Waals surface area contributed by atoms with E-state index in [9.17, 15) is 4.39 Å². The Labute approximate surface area is 133 Å². The first-order chi connectivity index (χ1) is 10.2. The van der Waals surface area contributed by atoms with Crippen molar-refractivity contribution in [3.8, 4) is 11.5 Å². The van der Waals surface area contributed by atoms with Crippen LogP contribution in [-0.2, 0) is 12.5 Å². The fourth-order valence-corrected chi connectivity index (χ4v) is 2.29. The van der Waals surface area contributed by atoms with Crippen LogP contribution in [0.1, 0.15) is 18.1 Å². The normalized spacial score (nSPS) is 10.5. The zero-order chi connectivity index (χ0) is 15.2. The minimum Gasteiger partial charge on any atom is -0.490 e. The number of ether oxygens (including phenoxy) is 2. The number of rotatable bonds is 6. The molecule has 21 heavy (non-hydrogen) atoms. The first kappa shape index (κ1) is 15.9. The Kier molecular flexibility index (Phi) is 5.71. The molecular weight excluding hydrogens is 314 g/mol. The van der Waals surface area contributed by atoms with Gasteiger partial charge in [0.25, 0.3) is 0 Å². The van der Waals surface area contributed by atoms with Gasteiger partial charge in [-0.25, -0.2) is 4.39 Å². The molecule has 0 N–H and O–H groups in total. The van der Waals surface area contributed by atoms with Crippen molar-refractivity contribution in [3.05, 3.63) is 58.4 Å². The van der Waals surface area contributed by atoms with Crippen molar-refractivity contribution in [1.29, 1.82) is 0 Å². The molecule has 2 rings (SSSR count). The molecule has 0 aliphatic heterocycles. The zero-order valence-corrected chi connectivity index (χ0v) is 13.0. The van der Waals surface area contributed by atoms with E-state index in [-0.39, 0.29) is 12.4 Å². The molecule has 0 saturated heterocycles. The molecule has 2 nitrogen and oxygen atoms in total. The van der Waals surface area contributed by atoms with Gasteiger partial charge in [0.1, 0.15) is 12.4 Å². The van der Waals surface area contributed by atoms with Crippen LogP contribution in [0.4, 0.5) is 4.39 Å². The summed E-state index contributed by atoms with van der Waals surface area (Å²) in [4.78, 5) is 0. The van der Waals surface area contributed by atoms with Crippen molar-refractivity contribution in [3.63, 3.8) is 0 Å². The van der Waals surface area contributed by atoms with Crippen LogP contribution in [0.5, 0.6) is 11.5 Å². The molecule has 2 aromatic carbocycles. The van der Waals surface area contributed by atoms with Crippen LogP contribution >= 0.6 is 23.2 Å². The molecule has 112 valence electrons. The number of hydrogen-bond donors (Lipinski definition) is 0. The van der Waals surface area contributed by atoms with Gasteiger partial charge < -0.3 is 9.47 Å². The van der Waals surface area contributed by atoms with Crippen LogP contribution in [0.2, 0.25) is 5.02 Å². The number of hydrogen-bond acceptors (Lipinski definition) is 2. The SMILES string of the molecule is CCOc1cccc(CCl)c1OCc1cc(F)ccc1Cl. The van der Waals surface area contributed by atoms with Gasteiger partial charge in [-0.15, -0.1) is 11.6 Å². The van der Waals surface area contributed by atoms with Gasteiger partial charge in [0.05, 0.1) is 12.5 Å². The summed E-state index contributed by atoms with van der Waals surface area (Å²) in [6.45, 7) is 2.55. The first-order valence-electron chi connectivity index (χ1n) is 6.53. The summed E-state index contributed by atoms with van der Waals surface area (Å²) in [6.07, 6.45) is 0. The summed E-state index contributed by atoms with van der Waals surface area (Å²) >= 11 is 12.0.